The van der Waals surface area contributed by atoms with Crippen LogP contribution in [0.15, 0.2) is 84.0 Å². The second-order valence-electron chi connectivity index (χ2n) is 18.7. The molecule has 11 nitrogen and oxygen atoms in total. The third-order valence-electron chi connectivity index (χ3n) is 11.5. The van der Waals surface area contributed by atoms with Crippen LogP contribution in [0.3, 0.4) is 0 Å². The first-order valence-electron chi connectivity index (χ1n) is 22.5. The zero-order chi connectivity index (χ0) is 51.0. The van der Waals surface area contributed by atoms with Gasteiger partial charge in [-0.2, -0.15) is 0 Å². The minimum Gasteiger partial charge on any atom is -0.479 e. The van der Waals surface area contributed by atoms with Crippen LogP contribution < -0.4 is 5.56 Å². The molecule has 360 valence electrons. The molecule has 0 aliphatic rings. The summed E-state index contributed by atoms with van der Waals surface area (Å²) in [5.41, 5.74) is 7.95. The van der Waals surface area contributed by atoms with Crippen LogP contribution in [0, 0.1) is 46.3 Å². The standard InChI is InChI=1S/C27H27FN2O3.C26H24ClFN2O4.C2H6/c1-14-7-9-17(10-8-14)20-15(2)22-23(29-12-18-11-19(28)13-30-24(18)22)16(3)21(20)25(26(31)32)33-27(4,5)6;1-12-18(14-6-8-15(27)9-7-14)19(23(25(32)33)34-26(3,4)5)13(2)21-20(12)22-17(24(31)30-21)10-16(28)11-29-22;1-2/h7-13,25H,1-6H3,(H,31,32);6-11,23H,1-5H3,(H,30,31)(H,32,33);1-2H3/t25-;23-;/m00./s1. The Morgan fingerprint density at radius 1 is 0.623 bits per heavy atom. The number of halogens is 3. The summed E-state index contributed by atoms with van der Waals surface area (Å²) in [6, 6.07) is 17.5. The Hall–Kier alpha value is -6.67. The maximum Gasteiger partial charge on any atom is 0.337 e. The molecule has 14 heteroatoms. The van der Waals surface area contributed by atoms with E-state index in [2.05, 4.69) is 19.9 Å². The van der Waals surface area contributed by atoms with Gasteiger partial charge in [0, 0.05) is 38.5 Å². The number of carboxylic acid groups (broad SMARTS) is 2. The summed E-state index contributed by atoms with van der Waals surface area (Å²) in [5.74, 6) is -3.28. The largest absolute Gasteiger partial charge is 0.479 e. The second-order valence-corrected chi connectivity index (χ2v) is 19.1. The number of pyridine rings is 4. The summed E-state index contributed by atoms with van der Waals surface area (Å²) in [5, 5.41) is 23.0. The van der Waals surface area contributed by atoms with Gasteiger partial charge in [-0.25, -0.2) is 18.4 Å². The van der Waals surface area contributed by atoms with Crippen molar-refractivity contribution in [2.75, 3.05) is 0 Å². The summed E-state index contributed by atoms with van der Waals surface area (Å²) < 4.78 is 39.8. The van der Waals surface area contributed by atoms with Crippen LogP contribution >= 0.6 is 11.6 Å². The molecule has 8 aromatic rings. The summed E-state index contributed by atoms with van der Waals surface area (Å²) in [6.45, 7) is 24.2. The van der Waals surface area contributed by atoms with Crippen molar-refractivity contribution in [3.63, 3.8) is 0 Å². The molecule has 0 unspecified atom stereocenters. The maximum absolute atomic E-state index is 13.9. The first kappa shape index (κ1) is 51.7. The van der Waals surface area contributed by atoms with Crippen molar-refractivity contribution < 1.29 is 38.1 Å². The van der Waals surface area contributed by atoms with Gasteiger partial charge in [-0.05, 0) is 145 Å². The maximum atomic E-state index is 13.9. The number of rotatable bonds is 8. The predicted octanol–water partition coefficient (Wildman–Crippen LogP) is 13.6. The van der Waals surface area contributed by atoms with E-state index in [9.17, 15) is 33.4 Å². The van der Waals surface area contributed by atoms with Crippen LogP contribution in [0.25, 0.3) is 65.9 Å². The van der Waals surface area contributed by atoms with E-state index in [-0.39, 0.29) is 5.39 Å². The number of carboxylic acids is 2. The number of hydrogen-bond donors (Lipinski definition) is 3. The van der Waals surface area contributed by atoms with E-state index < -0.39 is 52.5 Å². The van der Waals surface area contributed by atoms with Crippen LogP contribution in [-0.2, 0) is 19.1 Å². The quantitative estimate of drug-likeness (QED) is 0.125. The van der Waals surface area contributed by atoms with Gasteiger partial charge in [-0.15, -0.1) is 0 Å². The number of aromatic nitrogens is 4. The molecular formula is C55H57ClF2N4O7. The molecule has 0 spiro atoms. The summed E-state index contributed by atoms with van der Waals surface area (Å²) in [6.07, 6.45) is 1.33. The van der Waals surface area contributed by atoms with Crippen molar-refractivity contribution in [3.8, 4) is 22.3 Å². The fourth-order valence-corrected chi connectivity index (χ4v) is 8.86. The molecule has 0 aliphatic carbocycles. The van der Waals surface area contributed by atoms with Crippen LogP contribution in [0.4, 0.5) is 8.78 Å². The number of carbonyl (C=O) groups is 2. The van der Waals surface area contributed by atoms with Gasteiger partial charge in [0.1, 0.15) is 11.6 Å². The zero-order valence-corrected chi connectivity index (χ0v) is 41.8. The molecule has 0 aliphatic heterocycles. The van der Waals surface area contributed by atoms with Gasteiger partial charge in [-0.1, -0.05) is 67.4 Å². The lowest BCUT2D eigenvalue weighted by molar-refractivity contribution is -0.161. The summed E-state index contributed by atoms with van der Waals surface area (Å²) >= 11 is 6.11. The molecule has 4 heterocycles. The number of ether oxygens (including phenoxy) is 2. The third-order valence-corrected chi connectivity index (χ3v) is 11.7. The zero-order valence-electron chi connectivity index (χ0n) is 41.1. The monoisotopic (exact) mass is 958 g/mol. The lowest BCUT2D eigenvalue weighted by Crippen LogP contribution is -2.28. The number of fused-ring (bicyclic) bond motifs is 6. The molecule has 2 atom stereocenters. The van der Waals surface area contributed by atoms with Crippen molar-refractivity contribution in [1.29, 1.82) is 0 Å². The SMILES string of the molecule is CC.Cc1c([C@H](OC(C)(C)C)C(=O)O)c(-c2ccc(Cl)cc2)c(C)c2c1[nH]c(=O)c1cc(F)cnc12.Cc1ccc(-c2c([C@H](OC(C)(C)C)C(=O)O)c(C)c3ncc4cc(F)cnc4c3c2C)cc1. The van der Waals surface area contributed by atoms with Crippen molar-refractivity contribution >= 4 is 67.2 Å². The van der Waals surface area contributed by atoms with E-state index in [1.165, 1.54) is 12.3 Å². The van der Waals surface area contributed by atoms with Gasteiger partial charge < -0.3 is 24.7 Å². The molecule has 0 saturated carbocycles. The molecule has 0 bridgehead atoms. The van der Waals surface area contributed by atoms with E-state index in [0.29, 0.717) is 71.2 Å². The van der Waals surface area contributed by atoms with E-state index in [1.807, 2.05) is 86.6 Å². The molecule has 4 aromatic carbocycles. The number of aliphatic carboxylic acids is 2. The molecule has 0 saturated heterocycles. The summed E-state index contributed by atoms with van der Waals surface area (Å²) in [4.78, 5) is 53.8. The molecular weight excluding hydrogens is 902 g/mol. The molecule has 8 rings (SSSR count). The molecule has 4 aromatic heterocycles. The fourth-order valence-electron chi connectivity index (χ4n) is 8.73. The predicted molar refractivity (Wildman–Crippen MR) is 270 cm³/mol. The van der Waals surface area contributed by atoms with Gasteiger partial charge in [0.2, 0.25) is 0 Å². The Kier molecular flexibility index (Phi) is 15.1. The fraction of sp³-hybridized carbons (Fsp3) is 0.309. The Morgan fingerprint density at radius 3 is 1.58 bits per heavy atom. The van der Waals surface area contributed by atoms with Crippen molar-refractivity contribution in [2.24, 2.45) is 0 Å². The number of H-pyrrole nitrogens is 1. The molecule has 0 fully saturated rings. The third kappa shape index (κ3) is 10.7. The number of aryl methyl sites for hydroxylation is 5. The smallest absolute Gasteiger partial charge is 0.337 e. The van der Waals surface area contributed by atoms with Crippen molar-refractivity contribution in [3.05, 3.63) is 145 Å². The van der Waals surface area contributed by atoms with Gasteiger partial charge in [0.15, 0.2) is 12.2 Å². The number of benzene rings is 4. The number of aromatic amines is 1. The van der Waals surface area contributed by atoms with Gasteiger partial charge in [0.05, 0.1) is 51.0 Å². The lowest BCUT2D eigenvalue weighted by Gasteiger charge is -2.29. The molecule has 0 amide bonds. The number of hydrogen-bond acceptors (Lipinski definition) is 8. The molecule has 69 heavy (non-hydrogen) atoms. The van der Waals surface area contributed by atoms with E-state index in [0.717, 1.165) is 45.5 Å². The topological polar surface area (TPSA) is 165 Å². The van der Waals surface area contributed by atoms with Crippen LogP contribution in [0.2, 0.25) is 5.02 Å². The van der Waals surface area contributed by atoms with Gasteiger partial charge in [-0.3, -0.25) is 19.7 Å². The Morgan fingerprint density at radius 2 is 1.07 bits per heavy atom. The normalized spacial score (nSPS) is 12.6. The van der Waals surface area contributed by atoms with Crippen molar-refractivity contribution in [1.82, 2.24) is 19.9 Å². The average Bonchev–Trinajstić information content (AvgIpc) is 3.28. The lowest BCUT2D eigenvalue weighted by atomic mass is 9.85. The summed E-state index contributed by atoms with van der Waals surface area (Å²) in [7, 11) is 0. The van der Waals surface area contributed by atoms with Gasteiger partial charge >= 0.3 is 11.9 Å². The minimum absolute atomic E-state index is 0.116. The first-order chi connectivity index (χ1) is 32.4. The van der Waals surface area contributed by atoms with E-state index in [1.54, 1.807) is 58.2 Å². The first-order valence-corrected chi connectivity index (χ1v) is 22.9. The second kappa shape index (κ2) is 20.1. The minimum atomic E-state index is -1.31. The molecule has 3 N–H and O–H groups in total. The highest BCUT2D eigenvalue weighted by Gasteiger charge is 2.35. The van der Waals surface area contributed by atoms with E-state index in [4.69, 9.17) is 21.1 Å². The average molecular weight is 960 g/mol. The van der Waals surface area contributed by atoms with Crippen LogP contribution in [0.5, 0.6) is 0 Å². The Bertz CT molecular complexity index is 3340. The highest BCUT2D eigenvalue weighted by Crippen LogP contribution is 2.45. The number of nitrogens with zero attached hydrogens (tertiary/aromatic N) is 3. The van der Waals surface area contributed by atoms with Gasteiger partial charge in [0.25, 0.3) is 5.56 Å². The van der Waals surface area contributed by atoms with Crippen LogP contribution in [0.1, 0.15) is 107 Å². The van der Waals surface area contributed by atoms with Crippen LogP contribution in [-0.4, -0.2) is 53.3 Å². The number of nitrogens with one attached hydrogen (secondary N) is 1. The highest BCUT2D eigenvalue weighted by atomic mass is 35.5. The Labute approximate surface area is 404 Å². The van der Waals surface area contributed by atoms with Crippen molar-refractivity contribution in [2.45, 2.75) is 113 Å². The highest BCUT2D eigenvalue weighted by molar-refractivity contribution is 6.30. The van der Waals surface area contributed by atoms with E-state index >= 15 is 0 Å². The Balaban J connectivity index is 0.000000219. The molecule has 0 radical (unpaired) electrons.